The molecule has 1 aliphatic heterocycles. The Labute approximate surface area is 112 Å². The highest BCUT2D eigenvalue weighted by Crippen LogP contribution is 2.38. The van der Waals surface area contributed by atoms with E-state index in [0.717, 1.165) is 29.7 Å². The minimum absolute atomic E-state index is 0.633. The third kappa shape index (κ3) is 2.83. The Hall–Kier alpha value is -0.540. The highest BCUT2D eigenvalue weighted by molar-refractivity contribution is 9.10. The normalized spacial score (nSPS) is 17.1. The van der Waals surface area contributed by atoms with Gasteiger partial charge in [-0.3, -0.25) is 0 Å². The largest absolute Gasteiger partial charge is 0.495 e. The van der Waals surface area contributed by atoms with Crippen LogP contribution in [0.25, 0.3) is 0 Å². The second kappa shape index (κ2) is 5.87. The van der Waals surface area contributed by atoms with Gasteiger partial charge in [-0.05, 0) is 71.4 Å². The lowest BCUT2D eigenvalue weighted by molar-refractivity contribution is 0.389. The van der Waals surface area contributed by atoms with Gasteiger partial charge in [0.05, 0.1) is 11.6 Å². The molecular formula is C14H20BrNO. The first-order chi connectivity index (χ1) is 8.26. The van der Waals surface area contributed by atoms with Crippen molar-refractivity contribution in [3.05, 3.63) is 27.7 Å². The number of methoxy groups -OCH3 is 1. The standard InChI is InChI=1S/C14H20BrNO/c1-3-10-8-12(11-4-6-16-7-5-11)14(17-2)13(15)9-10/h8-9,11,16H,3-7H2,1-2H3. The van der Waals surface area contributed by atoms with Crippen LogP contribution in [0.5, 0.6) is 5.75 Å². The molecule has 1 aromatic carbocycles. The van der Waals surface area contributed by atoms with Crippen LogP contribution in [0.1, 0.15) is 36.8 Å². The van der Waals surface area contributed by atoms with Crippen LogP contribution in [-0.2, 0) is 6.42 Å². The lowest BCUT2D eigenvalue weighted by atomic mass is 9.88. The number of halogens is 1. The van der Waals surface area contributed by atoms with Gasteiger partial charge in [0.25, 0.3) is 0 Å². The molecule has 1 aliphatic rings. The summed E-state index contributed by atoms with van der Waals surface area (Å²) in [6.45, 7) is 4.42. The molecule has 0 spiro atoms. The first kappa shape index (κ1) is 12.9. The summed E-state index contributed by atoms with van der Waals surface area (Å²) >= 11 is 3.62. The SMILES string of the molecule is CCc1cc(Br)c(OC)c(C2CCNCC2)c1. The minimum atomic E-state index is 0.633. The summed E-state index contributed by atoms with van der Waals surface area (Å²) in [5.41, 5.74) is 2.76. The summed E-state index contributed by atoms with van der Waals surface area (Å²) in [6, 6.07) is 4.49. The third-order valence-electron chi connectivity index (χ3n) is 3.52. The van der Waals surface area contributed by atoms with Gasteiger partial charge in [0.1, 0.15) is 5.75 Å². The molecule has 0 amide bonds. The first-order valence-electron chi connectivity index (χ1n) is 6.33. The molecule has 3 heteroatoms. The van der Waals surface area contributed by atoms with Crippen LogP contribution < -0.4 is 10.1 Å². The van der Waals surface area contributed by atoms with E-state index in [4.69, 9.17) is 4.74 Å². The maximum absolute atomic E-state index is 5.56. The van der Waals surface area contributed by atoms with E-state index in [9.17, 15) is 0 Å². The molecule has 0 aliphatic carbocycles. The van der Waals surface area contributed by atoms with Gasteiger partial charge < -0.3 is 10.1 Å². The molecule has 0 saturated carbocycles. The zero-order valence-corrected chi connectivity index (χ0v) is 12.1. The number of benzene rings is 1. The van der Waals surface area contributed by atoms with Crippen LogP contribution in [0, 0.1) is 0 Å². The average Bonchev–Trinajstić information content (AvgIpc) is 2.38. The van der Waals surface area contributed by atoms with E-state index >= 15 is 0 Å². The highest BCUT2D eigenvalue weighted by Gasteiger charge is 2.21. The Morgan fingerprint density at radius 1 is 1.35 bits per heavy atom. The minimum Gasteiger partial charge on any atom is -0.495 e. The quantitative estimate of drug-likeness (QED) is 0.922. The zero-order valence-electron chi connectivity index (χ0n) is 10.6. The van der Waals surface area contributed by atoms with Crippen molar-refractivity contribution < 1.29 is 4.74 Å². The van der Waals surface area contributed by atoms with Crippen LogP contribution in [-0.4, -0.2) is 20.2 Å². The van der Waals surface area contributed by atoms with Crippen LogP contribution in [0.4, 0.5) is 0 Å². The van der Waals surface area contributed by atoms with Gasteiger partial charge >= 0.3 is 0 Å². The summed E-state index contributed by atoms with van der Waals surface area (Å²) in [5.74, 6) is 1.66. The molecule has 17 heavy (non-hydrogen) atoms. The van der Waals surface area contributed by atoms with E-state index < -0.39 is 0 Å². The molecule has 2 nitrogen and oxygen atoms in total. The summed E-state index contributed by atoms with van der Waals surface area (Å²) in [7, 11) is 1.76. The van der Waals surface area contributed by atoms with Crippen LogP contribution >= 0.6 is 15.9 Å². The maximum atomic E-state index is 5.56. The van der Waals surface area contributed by atoms with Gasteiger partial charge in [-0.2, -0.15) is 0 Å². The first-order valence-corrected chi connectivity index (χ1v) is 7.12. The predicted octanol–water partition coefficient (Wildman–Crippen LogP) is 3.49. The Morgan fingerprint density at radius 2 is 2.06 bits per heavy atom. The van der Waals surface area contributed by atoms with Gasteiger partial charge in [0, 0.05) is 0 Å². The van der Waals surface area contributed by atoms with Gasteiger partial charge in [0.15, 0.2) is 0 Å². The van der Waals surface area contributed by atoms with Crippen molar-refractivity contribution >= 4 is 15.9 Å². The average molecular weight is 298 g/mol. The number of piperidine rings is 1. The Balaban J connectivity index is 2.38. The van der Waals surface area contributed by atoms with Crippen molar-refractivity contribution in [2.24, 2.45) is 0 Å². The fraction of sp³-hybridized carbons (Fsp3) is 0.571. The molecule has 0 atom stereocenters. The van der Waals surface area contributed by atoms with E-state index in [1.54, 1.807) is 7.11 Å². The lowest BCUT2D eigenvalue weighted by Crippen LogP contribution is -2.26. The Bertz CT molecular complexity index is 386. The topological polar surface area (TPSA) is 21.3 Å². The number of nitrogens with one attached hydrogen (secondary N) is 1. The summed E-state index contributed by atoms with van der Waals surface area (Å²) in [6.07, 6.45) is 3.48. The monoisotopic (exact) mass is 297 g/mol. The molecule has 94 valence electrons. The van der Waals surface area contributed by atoms with Crippen molar-refractivity contribution in [1.29, 1.82) is 0 Å². The second-order valence-electron chi connectivity index (χ2n) is 4.58. The lowest BCUT2D eigenvalue weighted by Gasteiger charge is -2.25. The van der Waals surface area contributed by atoms with Gasteiger partial charge in [-0.25, -0.2) is 0 Å². The molecule has 2 rings (SSSR count). The van der Waals surface area contributed by atoms with E-state index in [-0.39, 0.29) is 0 Å². The summed E-state index contributed by atoms with van der Waals surface area (Å²) in [5, 5.41) is 3.41. The summed E-state index contributed by atoms with van der Waals surface area (Å²) < 4.78 is 6.65. The zero-order chi connectivity index (χ0) is 12.3. The van der Waals surface area contributed by atoms with E-state index in [2.05, 4.69) is 40.3 Å². The van der Waals surface area contributed by atoms with Gasteiger partial charge in [-0.1, -0.05) is 13.0 Å². The van der Waals surface area contributed by atoms with E-state index in [0.29, 0.717) is 5.92 Å². The van der Waals surface area contributed by atoms with Crippen LogP contribution in [0.15, 0.2) is 16.6 Å². The fourth-order valence-corrected chi connectivity index (χ4v) is 3.21. The highest BCUT2D eigenvalue weighted by atomic mass is 79.9. The van der Waals surface area contributed by atoms with Crippen molar-refractivity contribution in [3.8, 4) is 5.75 Å². The molecule has 1 saturated heterocycles. The van der Waals surface area contributed by atoms with Crippen LogP contribution in [0.2, 0.25) is 0 Å². The fourth-order valence-electron chi connectivity index (χ4n) is 2.53. The molecule has 0 radical (unpaired) electrons. The number of hydrogen-bond donors (Lipinski definition) is 1. The Morgan fingerprint density at radius 3 is 2.65 bits per heavy atom. The van der Waals surface area contributed by atoms with E-state index in [1.165, 1.54) is 24.0 Å². The van der Waals surface area contributed by atoms with Crippen molar-refractivity contribution in [2.75, 3.05) is 20.2 Å². The van der Waals surface area contributed by atoms with E-state index in [1.807, 2.05) is 0 Å². The maximum Gasteiger partial charge on any atom is 0.136 e. The number of aryl methyl sites for hydroxylation is 1. The van der Waals surface area contributed by atoms with Crippen LogP contribution in [0.3, 0.4) is 0 Å². The predicted molar refractivity (Wildman–Crippen MR) is 74.9 cm³/mol. The number of hydrogen-bond acceptors (Lipinski definition) is 2. The Kier molecular flexibility index (Phi) is 4.46. The molecule has 1 fully saturated rings. The van der Waals surface area contributed by atoms with Crippen molar-refractivity contribution in [2.45, 2.75) is 32.1 Å². The molecular weight excluding hydrogens is 278 g/mol. The van der Waals surface area contributed by atoms with Gasteiger partial charge in [-0.15, -0.1) is 0 Å². The smallest absolute Gasteiger partial charge is 0.136 e. The molecule has 1 N–H and O–H groups in total. The molecule has 0 unspecified atom stereocenters. The number of rotatable bonds is 3. The van der Waals surface area contributed by atoms with Crippen molar-refractivity contribution in [1.82, 2.24) is 5.32 Å². The molecule has 1 heterocycles. The second-order valence-corrected chi connectivity index (χ2v) is 5.43. The molecule has 0 bridgehead atoms. The molecule has 1 aromatic rings. The third-order valence-corrected chi connectivity index (χ3v) is 4.11. The van der Waals surface area contributed by atoms with Gasteiger partial charge in [0.2, 0.25) is 0 Å². The molecule has 0 aromatic heterocycles. The van der Waals surface area contributed by atoms with Crippen molar-refractivity contribution in [3.63, 3.8) is 0 Å². The summed E-state index contributed by atoms with van der Waals surface area (Å²) in [4.78, 5) is 0. The number of ether oxygens (including phenoxy) is 1.